The molecule has 140 valence electrons. The van der Waals surface area contributed by atoms with Gasteiger partial charge in [0.15, 0.2) is 11.9 Å². The fraction of sp³-hybridized carbons (Fsp3) is 0.105. The van der Waals surface area contributed by atoms with Gasteiger partial charge in [-0.2, -0.15) is 4.98 Å². The first-order valence-corrected chi connectivity index (χ1v) is 9.39. The lowest BCUT2D eigenvalue weighted by atomic mass is 10.1. The average molecular weight is 393 g/mol. The SMILES string of the molecule is C=CCSc1nnc2c(n1)OC(c1ccc([N+](=O)[O-])cc1)Nc1ccccc1-2. The number of nitrogens with zero attached hydrogens (tertiary/aromatic N) is 4. The molecule has 0 bridgehead atoms. The van der Waals surface area contributed by atoms with Crippen molar-refractivity contribution in [3.8, 4) is 17.1 Å². The minimum absolute atomic E-state index is 0.0188. The maximum atomic E-state index is 10.9. The highest BCUT2D eigenvalue weighted by Gasteiger charge is 2.26. The zero-order valence-corrected chi connectivity index (χ0v) is 15.4. The van der Waals surface area contributed by atoms with Crippen LogP contribution in [0.5, 0.6) is 5.88 Å². The van der Waals surface area contributed by atoms with Gasteiger partial charge in [0.05, 0.1) is 4.92 Å². The van der Waals surface area contributed by atoms with E-state index in [9.17, 15) is 10.1 Å². The van der Waals surface area contributed by atoms with Crippen molar-refractivity contribution in [3.63, 3.8) is 0 Å². The number of benzene rings is 2. The first-order chi connectivity index (χ1) is 13.7. The standard InChI is InChI=1S/C19H15N5O3S/c1-2-11-28-19-21-18-16(22-23-19)14-5-3-4-6-15(14)20-17(27-18)12-7-9-13(10-8-12)24(25)26/h2-10,17,20H,1,11H2. The molecule has 2 aromatic carbocycles. The van der Waals surface area contributed by atoms with E-state index in [2.05, 4.69) is 27.1 Å². The quantitative estimate of drug-likeness (QED) is 0.297. The molecule has 1 atom stereocenters. The molecule has 2 heterocycles. The monoisotopic (exact) mass is 393 g/mol. The Morgan fingerprint density at radius 3 is 2.75 bits per heavy atom. The van der Waals surface area contributed by atoms with Crippen LogP contribution in [0.2, 0.25) is 0 Å². The second-order valence-electron chi connectivity index (χ2n) is 5.88. The third-order valence-electron chi connectivity index (χ3n) is 4.07. The van der Waals surface area contributed by atoms with E-state index in [1.807, 2.05) is 24.3 Å². The summed E-state index contributed by atoms with van der Waals surface area (Å²) in [7, 11) is 0. The molecule has 0 fully saturated rings. The van der Waals surface area contributed by atoms with Gasteiger partial charge >= 0.3 is 0 Å². The molecule has 9 heteroatoms. The summed E-state index contributed by atoms with van der Waals surface area (Å²) >= 11 is 1.41. The van der Waals surface area contributed by atoms with Gasteiger partial charge in [-0.05, 0) is 18.2 Å². The van der Waals surface area contributed by atoms with E-state index in [0.29, 0.717) is 22.5 Å². The Hall–Kier alpha value is -3.46. The van der Waals surface area contributed by atoms with Crippen LogP contribution in [0.15, 0.2) is 66.3 Å². The molecule has 0 saturated carbocycles. The molecule has 1 N–H and O–H groups in total. The van der Waals surface area contributed by atoms with Gasteiger partial charge in [0.1, 0.15) is 0 Å². The lowest BCUT2D eigenvalue weighted by molar-refractivity contribution is -0.384. The van der Waals surface area contributed by atoms with E-state index in [4.69, 9.17) is 4.74 Å². The third-order valence-corrected chi connectivity index (χ3v) is 4.90. The van der Waals surface area contributed by atoms with E-state index in [1.54, 1.807) is 18.2 Å². The Morgan fingerprint density at radius 1 is 1.21 bits per heavy atom. The van der Waals surface area contributed by atoms with E-state index in [0.717, 1.165) is 16.8 Å². The molecule has 0 saturated heterocycles. The highest BCUT2D eigenvalue weighted by atomic mass is 32.2. The first kappa shape index (κ1) is 17.9. The number of para-hydroxylation sites is 1. The Morgan fingerprint density at radius 2 is 2.00 bits per heavy atom. The van der Waals surface area contributed by atoms with Crippen LogP contribution in [0.25, 0.3) is 11.3 Å². The van der Waals surface area contributed by atoms with Crippen LogP contribution in [-0.2, 0) is 0 Å². The van der Waals surface area contributed by atoms with Crippen molar-refractivity contribution < 1.29 is 9.66 Å². The smallest absolute Gasteiger partial charge is 0.269 e. The molecule has 28 heavy (non-hydrogen) atoms. The normalized spacial score (nSPS) is 14.6. The predicted octanol–water partition coefficient (Wildman–Crippen LogP) is 4.23. The maximum absolute atomic E-state index is 10.9. The zero-order chi connectivity index (χ0) is 19.5. The fourth-order valence-electron chi connectivity index (χ4n) is 2.76. The number of hydrogen-bond donors (Lipinski definition) is 1. The van der Waals surface area contributed by atoms with E-state index in [1.165, 1.54) is 23.9 Å². The minimum atomic E-state index is -0.586. The lowest BCUT2D eigenvalue weighted by Gasteiger charge is -2.19. The Labute approximate surface area is 164 Å². The van der Waals surface area contributed by atoms with Crippen LogP contribution in [0.3, 0.4) is 0 Å². The molecule has 1 aliphatic heterocycles. The second-order valence-corrected chi connectivity index (χ2v) is 6.87. The van der Waals surface area contributed by atoms with Gasteiger partial charge in [-0.15, -0.1) is 16.8 Å². The molecule has 4 rings (SSSR count). The summed E-state index contributed by atoms with van der Waals surface area (Å²) in [6.07, 6.45) is 1.18. The van der Waals surface area contributed by atoms with Crippen LogP contribution < -0.4 is 10.1 Å². The van der Waals surface area contributed by atoms with Gasteiger partial charge in [-0.3, -0.25) is 10.1 Å². The van der Waals surface area contributed by atoms with Crippen molar-refractivity contribution in [3.05, 3.63) is 76.9 Å². The number of nitro groups is 1. The fourth-order valence-corrected chi connectivity index (χ4v) is 3.28. The Balaban J connectivity index is 1.76. The molecule has 1 unspecified atom stereocenters. The van der Waals surface area contributed by atoms with Crippen LogP contribution in [-0.4, -0.2) is 25.9 Å². The molecule has 0 radical (unpaired) electrons. The van der Waals surface area contributed by atoms with Gasteiger partial charge in [-0.1, -0.05) is 36.0 Å². The number of nitro benzene ring substituents is 1. The van der Waals surface area contributed by atoms with Crippen molar-refractivity contribution in [2.24, 2.45) is 0 Å². The Kier molecular flexibility index (Phi) is 4.90. The second kappa shape index (κ2) is 7.65. The number of nitrogens with one attached hydrogen (secondary N) is 1. The van der Waals surface area contributed by atoms with Gasteiger partial charge < -0.3 is 10.1 Å². The molecule has 1 aliphatic rings. The molecule has 0 spiro atoms. The van der Waals surface area contributed by atoms with Crippen molar-refractivity contribution in [1.82, 2.24) is 15.2 Å². The van der Waals surface area contributed by atoms with Crippen molar-refractivity contribution in [2.45, 2.75) is 11.4 Å². The molecule has 0 amide bonds. The van der Waals surface area contributed by atoms with E-state index < -0.39 is 11.2 Å². The molecule has 1 aromatic heterocycles. The lowest BCUT2D eigenvalue weighted by Crippen LogP contribution is -2.17. The zero-order valence-electron chi connectivity index (χ0n) is 14.6. The number of rotatable bonds is 5. The predicted molar refractivity (Wildman–Crippen MR) is 106 cm³/mol. The summed E-state index contributed by atoms with van der Waals surface area (Å²) in [6.45, 7) is 3.69. The number of ether oxygens (including phenoxy) is 1. The van der Waals surface area contributed by atoms with Crippen molar-refractivity contribution in [2.75, 3.05) is 11.1 Å². The topological polar surface area (TPSA) is 103 Å². The van der Waals surface area contributed by atoms with Crippen molar-refractivity contribution >= 4 is 23.1 Å². The minimum Gasteiger partial charge on any atom is -0.448 e. The summed E-state index contributed by atoms with van der Waals surface area (Å²) in [4.78, 5) is 15.0. The van der Waals surface area contributed by atoms with E-state index >= 15 is 0 Å². The van der Waals surface area contributed by atoms with Gasteiger partial charge in [0, 0.05) is 34.7 Å². The number of fused-ring (bicyclic) bond motifs is 3. The summed E-state index contributed by atoms with van der Waals surface area (Å²) in [5, 5.41) is 23.2. The summed E-state index contributed by atoms with van der Waals surface area (Å²) in [5.41, 5.74) is 2.92. The van der Waals surface area contributed by atoms with Crippen LogP contribution in [0, 0.1) is 10.1 Å². The van der Waals surface area contributed by atoms with Gasteiger partial charge in [-0.25, -0.2) is 0 Å². The largest absolute Gasteiger partial charge is 0.448 e. The third kappa shape index (κ3) is 3.52. The van der Waals surface area contributed by atoms with Gasteiger partial charge in [0.25, 0.3) is 5.69 Å². The number of hydrogen-bond acceptors (Lipinski definition) is 8. The van der Waals surface area contributed by atoms with Crippen LogP contribution in [0.1, 0.15) is 11.8 Å². The number of aromatic nitrogens is 3. The molecular formula is C19H15N5O3S. The van der Waals surface area contributed by atoms with Crippen molar-refractivity contribution in [1.29, 1.82) is 0 Å². The van der Waals surface area contributed by atoms with Crippen LogP contribution in [0.4, 0.5) is 11.4 Å². The molecule has 3 aromatic rings. The number of non-ortho nitro benzene ring substituents is 1. The number of thioether (sulfide) groups is 1. The highest BCUT2D eigenvalue weighted by Crippen LogP contribution is 2.39. The maximum Gasteiger partial charge on any atom is 0.269 e. The Bertz CT molecular complexity index is 1040. The molecule has 0 aliphatic carbocycles. The van der Waals surface area contributed by atoms with E-state index in [-0.39, 0.29) is 5.69 Å². The summed E-state index contributed by atoms with van der Waals surface area (Å²) < 4.78 is 6.11. The summed E-state index contributed by atoms with van der Waals surface area (Å²) in [6, 6.07) is 13.8. The highest BCUT2D eigenvalue weighted by molar-refractivity contribution is 7.99. The first-order valence-electron chi connectivity index (χ1n) is 8.41. The van der Waals surface area contributed by atoms with Gasteiger partial charge in [0.2, 0.25) is 11.0 Å². The van der Waals surface area contributed by atoms with Crippen LogP contribution >= 0.6 is 11.8 Å². The molecule has 8 nitrogen and oxygen atoms in total. The average Bonchev–Trinajstić information content (AvgIpc) is 2.88. The molecular weight excluding hydrogens is 378 g/mol. The summed E-state index contributed by atoms with van der Waals surface area (Å²) in [5.74, 6) is 1.00. The number of anilines is 1.